The van der Waals surface area contributed by atoms with Gasteiger partial charge in [-0.25, -0.2) is 9.37 Å². The fraction of sp³-hybridized carbons (Fsp3) is 0.0625. The fourth-order valence-electron chi connectivity index (χ4n) is 1.97. The van der Waals surface area contributed by atoms with Crippen molar-refractivity contribution in [2.24, 2.45) is 0 Å². The van der Waals surface area contributed by atoms with Gasteiger partial charge in [0.15, 0.2) is 11.6 Å². The molecule has 0 radical (unpaired) electrons. The molecule has 0 aliphatic rings. The predicted octanol–water partition coefficient (Wildman–Crippen LogP) is 5.24. The first-order valence-corrected chi connectivity index (χ1v) is 6.92. The predicted molar refractivity (Wildman–Crippen MR) is 80.7 cm³/mol. The van der Waals surface area contributed by atoms with E-state index in [0.29, 0.717) is 5.88 Å². The molecule has 0 aliphatic heterocycles. The van der Waals surface area contributed by atoms with Crippen LogP contribution in [0.2, 0.25) is 0 Å². The Morgan fingerprint density at radius 2 is 1.90 bits per heavy atom. The van der Waals surface area contributed by atoms with E-state index in [2.05, 4.69) is 20.9 Å². The van der Waals surface area contributed by atoms with E-state index in [1.807, 2.05) is 37.3 Å². The van der Waals surface area contributed by atoms with Gasteiger partial charge in [0, 0.05) is 15.4 Å². The lowest BCUT2D eigenvalue weighted by atomic mass is 10.2. The smallest absolute Gasteiger partial charge is 0.222 e. The second kappa shape index (κ2) is 5.21. The lowest BCUT2D eigenvalue weighted by molar-refractivity contribution is 0.426. The van der Waals surface area contributed by atoms with Crippen molar-refractivity contribution in [2.75, 3.05) is 0 Å². The van der Waals surface area contributed by atoms with E-state index < -0.39 is 5.82 Å². The number of pyridine rings is 1. The van der Waals surface area contributed by atoms with Gasteiger partial charge in [-0.2, -0.15) is 0 Å². The molecule has 100 valence electrons. The summed E-state index contributed by atoms with van der Waals surface area (Å²) in [6.07, 6.45) is 0. The van der Waals surface area contributed by atoms with Crippen molar-refractivity contribution in [1.82, 2.24) is 4.98 Å². The first-order chi connectivity index (χ1) is 9.63. The zero-order valence-electron chi connectivity index (χ0n) is 10.7. The van der Waals surface area contributed by atoms with Crippen LogP contribution in [0.15, 0.2) is 53.0 Å². The van der Waals surface area contributed by atoms with Crippen molar-refractivity contribution in [3.05, 3.63) is 64.4 Å². The molecule has 3 aromatic rings. The highest BCUT2D eigenvalue weighted by Gasteiger charge is 2.10. The summed E-state index contributed by atoms with van der Waals surface area (Å²) in [5.41, 5.74) is 1.69. The average Bonchev–Trinajstić information content (AvgIpc) is 2.43. The molecule has 0 saturated carbocycles. The van der Waals surface area contributed by atoms with E-state index >= 15 is 0 Å². The van der Waals surface area contributed by atoms with Crippen LogP contribution in [0.4, 0.5) is 4.39 Å². The Hall–Kier alpha value is -1.94. The summed E-state index contributed by atoms with van der Waals surface area (Å²) in [5, 5.41) is 1.03. The fourth-order valence-corrected chi connectivity index (χ4v) is 2.31. The van der Waals surface area contributed by atoms with Crippen LogP contribution in [0.1, 0.15) is 5.56 Å². The van der Waals surface area contributed by atoms with Gasteiger partial charge in [0.25, 0.3) is 0 Å². The summed E-state index contributed by atoms with van der Waals surface area (Å²) < 4.78 is 20.1. The minimum atomic E-state index is -0.414. The molecular formula is C16H11BrFNO. The normalized spacial score (nSPS) is 10.8. The van der Waals surface area contributed by atoms with Crippen molar-refractivity contribution < 1.29 is 9.13 Å². The molecule has 2 nitrogen and oxygen atoms in total. The molecule has 0 bridgehead atoms. The number of ether oxygens (including phenoxy) is 1. The van der Waals surface area contributed by atoms with Gasteiger partial charge in [0.1, 0.15) is 0 Å². The Bertz CT molecular complexity index is 789. The molecule has 1 aromatic heterocycles. The SMILES string of the molecule is Cc1cc2ccccc2nc1Oc1cc(Br)ccc1F. The maximum absolute atomic E-state index is 13.7. The molecule has 0 saturated heterocycles. The summed E-state index contributed by atoms with van der Waals surface area (Å²) in [5.74, 6) is 0.161. The zero-order chi connectivity index (χ0) is 14.1. The third kappa shape index (κ3) is 2.51. The molecule has 0 fully saturated rings. The van der Waals surface area contributed by atoms with Crippen LogP contribution in [-0.4, -0.2) is 4.98 Å². The lowest BCUT2D eigenvalue weighted by Gasteiger charge is -2.10. The first-order valence-electron chi connectivity index (χ1n) is 6.13. The summed E-state index contributed by atoms with van der Waals surface area (Å²) in [6.45, 7) is 1.89. The number of para-hydroxylation sites is 1. The average molecular weight is 332 g/mol. The van der Waals surface area contributed by atoms with Gasteiger partial charge in [0.05, 0.1) is 5.52 Å². The van der Waals surface area contributed by atoms with E-state index in [9.17, 15) is 4.39 Å². The van der Waals surface area contributed by atoms with Crippen LogP contribution >= 0.6 is 15.9 Å². The second-order valence-corrected chi connectivity index (χ2v) is 5.40. The van der Waals surface area contributed by atoms with E-state index in [4.69, 9.17) is 4.74 Å². The molecule has 0 spiro atoms. The largest absolute Gasteiger partial charge is 0.436 e. The minimum absolute atomic E-state index is 0.158. The molecule has 0 unspecified atom stereocenters. The van der Waals surface area contributed by atoms with Crippen LogP contribution in [0.3, 0.4) is 0 Å². The van der Waals surface area contributed by atoms with Crippen molar-refractivity contribution >= 4 is 26.8 Å². The number of hydrogen-bond acceptors (Lipinski definition) is 2. The van der Waals surface area contributed by atoms with Crippen LogP contribution in [0, 0.1) is 12.7 Å². The number of nitrogens with zero attached hydrogens (tertiary/aromatic N) is 1. The van der Waals surface area contributed by atoms with Crippen LogP contribution in [-0.2, 0) is 0 Å². The van der Waals surface area contributed by atoms with E-state index in [-0.39, 0.29) is 5.75 Å². The molecule has 3 rings (SSSR count). The third-order valence-corrected chi connectivity index (χ3v) is 3.46. The van der Waals surface area contributed by atoms with Crippen LogP contribution < -0.4 is 4.74 Å². The summed E-state index contributed by atoms with van der Waals surface area (Å²) in [6, 6.07) is 14.3. The number of aryl methyl sites for hydroxylation is 1. The van der Waals surface area contributed by atoms with Gasteiger partial charge >= 0.3 is 0 Å². The molecular weight excluding hydrogens is 321 g/mol. The Kier molecular flexibility index (Phi) is 3.40. The Morgan fingerprint density at radius 3 is 2.75 bits per heavy atom. The third-order valence-electron chi connectivity index (χ3n) is 2.97. The topological polar surface area (TPSA) is 22.1 Å². The van der Waals surface area contributed by atoms with E-state index in [1.165, 1.54) is 6.07 Å². The highest BCUT2D eigenvalue weighted by Crippen LogP contribution is 2.29. The number of hydrogen-bond donors (Lipinski definition) is 0. The van der Waals surface area contributed by atoms with Crippen molar-refractivity contribution in [3.63, 3.8) is 0 Å². The standard InChI is InChI=1S/C16H11BrFNO/c1-10-8-11-4-2-3-5-14(11)19-16(10)20-15-9-12(17)6-7-13(15)18/h2-9H,1H3. The van der Waals surface area contributed by atoms with E-state index in [1.54, 1.807) is 12.1 Å². The number of rotatable bonds is 2. The summed E-state index contributed by atoms with van der Waals surface area (Å²) in [7, 11) is 0. The molecule has 0 amide bonds. The number of benzene rings is 2. The van der Waals surface area contributed by atoms with Crippen molar-refractivity contribution in [1.29, 1.82) is 0 Å². The van der Waals surface area contributed by atoms with Crippen molar-refractivity contribution in [3.8, 4) is 11.6 Å². The summed E-state index contributed by atoms with van der Waals surface area (Å²) in [4.78, 5) is 4.44. The number of halogens is 2. The number of aromatic nitrogens is 1. The highest BCUT2D eigenvalue weighted by molar-refractivity contribution is 9.10. The Labute approximate surface area is 124 Å². The molecule has 2 aromatic carbocycles. The number of fused-ring (bicyclic) bond motifs is 1. The van der Waals surface area contributed by atoms with Gasteiger partial charge in [-0.1, -0.05) is 34.1 Å². The molecule has 1 heterocycles. The monoisotopic (exact) mass is 331 g/mol. The summed E-state index contributed by atoms with van der Waals surface area (Å²) >= 11 is 3.30. The van der Waals surface area contributed by atoms with Gasteiger partial charge < -0.3 is 4.74 Å². The first kappa shape index (κ1) is 13.1. The van der Waals surface area contributed by atoms with Gasteiger partial charge in [-0.05, 0) is 37.3 Å². The molecule has 20 heavy (non-hydrogen) atoms. The molecule has 0 aliphatic carbocycles. The molecule has 0 N–H and O–H groups in total. The second-order valence-electron chi connectivity index (χ2n) is 4.48. The van der Waals surface area contributed by atoms with E-state index in [0.717, 1.165) is 20.9 Å². The maximum Gasteiger partial charge on any atom is 0.222 e. The van der Waals surface area contributed by atoms with Crippen LogP contribution in [0.25, 0.3) is 10.9 Å². The van der Waals surface area contributed by atoms with Gasteiger partial charge in [-0.3, -0.25) is 0 Å². The highest BCUT2D eigenvalue weighted by atomic mass is 79.9. The van der Waals surface area contributed by atoms with Crippen molar-refractivity contribution in [2.45, 2.75) is 6.92 Å². The van der Waals surface area contributed by atoms with Gasteiger partial charge in [0.2, 0.25) is 5.88 Å². The van der Waals surface area contributed by atoms with Crippen LogP contribution in [0.5, 0.6) is 11.6 Å². The molecule has 0 atom stereocenters. The maximum atomic E-state index is 13.7. The van der Waals surface area contributed by atoms with Gasteiger partial charge in [-0.15, -0.1) is 0 Å². The quantitative estimate of drug-likeness (QED) is 0.640. The lowest BCUT2D eigenvalue weighted by Crippen LogP contribution is -1.94. The minimum Gasteiger partial charge on any atom is -0.436 e. The Morgan fingerprint density at radius 1 is 1.10 bits per heavy atom. The Balaban J connectivity index is 2.06. The molecule has 4 heteroatoms. The zero-order valence-corrected chi connectivity index (χ0v) is 12.3.